The lowest BCUT2D eigenvalue weighted by molar-refractivity contribution is 0.536. The zero-order chi connectivity index (χ0) is 14.6. The van der Waals surface area contributed by atoms with E-state index >= 15 is 0 Å². The van der Waals surface area contributed by atoms with Crippen molar-refractivity contribution in [1.29, 1.82) is 0 Å². The maximum atomic E-state index is 3.75. The smallest absolute Gasteiger partial charge is 0.0947 e. The Balaban J connectivity index is 2.46. The molecular formula is C18H20BBr. The highest BCUT2D eigenvalue weighted by molar-refractivity contribution is 9.11. The number of hydrogen-bond donors (Lipinski definition) is 0. The molecule has 0 heterocycles. The maximum absolute atomic E-state index is 3.75. The van der Waals surface area contributed by atoms with E-state index in [0.29, 0.717) is 0 Å². The predicted octanol–water partition coefficient (Wildman–Crippen LogP) is 4.16. The van der Waals surface area contributed by atoms with Gasteiger partial charge in [-0.15, -0.1) is 0 Å². The Morgan fingerprint density at radius 2 is 1.25 bits per heavy atom. The van der Waals surface area contributed by atoms with Crippen molar-refractivity contribution in [3.8, 4) is 0 Å². The van der Waals surface area contributed by atoms with Crippen molar-refractivity contribution in [1.82, 2.24) is 0 Å². The predicted molar refractivity (Wildman–Crippen MR) is 94.4 cm³/mol. The standard InChI is InChI=1S/C18H20BBr/c1-18(2,3)17(20)14-19(15-10-6-4-7-11-15)16-12-8-5-9-13-16/h4-14H,1-3H3/b17-14-. The average molecular weight is 327 g/mol. The van der Waals surface area contributed by atoms with Crippen molar-refractivity contribution in [3.05, 3.63) is 71.1 Å². The van der Waals surface area contributed by atoms with Gasteiger partial charge in [-0.1, -0.05) is 114 Å². The summed E-state index contributed by atoms with van der Waals surface area (Å²) in [6.45, 7) is 6.95. The molecule has 0 nitrogen and oxygen atoms in total. The lowest BCUT2D eigenvalue weighted by atomic mass is 9.40. The van der Waals surface area contributed by atoms with Gasteiger partial charge in [0.25, 0.3) is 0 Å². The normalized spacial score (nSPS) is 12.3. The van der Waals surface area contributed by atoms with Gasteiger partial charge < -0.3 is 0 Å². The van der Waals surface area contributed by atoms with Crippen molar-refractivity contribution < 1.29 is 0 Å². The first-order valence-electron chi connectivity index (χ1n) is 6.96. The summed E-state index contributed by atoms with van der Waals surface area (Å²) in [7, 11) is 0. The van der Waals surface area contributed by atoms with Gasteiger partial charge in [-0.05, 0) is 9.90 Å². The zero-order valence-corrected chi connectivity index (χ0v) is 13.9. The largest absolute Gasteiger partial charge is 0.234 e. The van der Waals surface area contributed by atoms with Crippen LogP contribution in [0, 0.1) is 5.41 Å². The molecule has 0 unspecified atom stereocenters. The Labute approximate surface area is 131 Å². The molecule has 0 spiro atoms. The van der Waals surface area contributed by atoms with Crippen LogP contribution in [0.3, 0.4) is 0 Å². The molecule has 2 aromatic rings. The van der Waals surface area contributed by atoms with E-state index in [2.05, 4.69) is 103 Å². The highest BCUT2D eigenvalue weighted by Gasteiger charge is 2.21. The van der Waals surface area contributed by atoms with E-state index in [1.165, 1.54) is 15.4 Å². The summed E-state index contributed by atoms with van der Waals surface area (Å²) < 4.78 is 1.24. The summed E-state index contributed by atoms with van der Waals surface area (Å²) in [6.07, 6.45) is 0. The quantitative estimate of drug-likeness (QED) is 0.743. The van der Waals surface area contributed by atoms with Crippen LogP contribution in [0.5, 0.6) is 0 Å². The average Bonchev–Trinajstić information content (AvgIpc) is 2.45. The van der Waals surface area contributed by atoms with Gasteiger partial charge in [0.05, 0.1) is 0 Å². The first-order chi connectivity index (χ1) is 9.48. The Kier molecular flexibility index (Phi) is 4.88. The molecule has 0 amide bonds. The Hall–Kier alpha value is -1.28. The number of rotatable bonds is 3. The van der Waals surface area contributed by atoms with Crippen molar-refractivity contribution in [3.63, 3.8) is 0 Å². The molecule has 0 radical (unpaired) electrons. The van der Waals surface area contributed by atoms with Gasteiger partial charge in [0, 0.05) is 0 Å². The Bertz CT molecular complexity index is 528. The fourth-order valence-electron chi connectivity index (χ4n) is 2.10. The summed E-state index contributed by atoms with van der Waals surface area (Å²) in [5.74, 6) is 2.32. The number of allylic oxidation sites excluding steroid dienone is 1. The van der Waals surface area contributed by atoms with Gasteiger partial charge in [0.15, 0.2) is 0 Å². The first-order valence-corrected chi connectivity index (χ1v) is 7.75. The maximum Gasteiger partial charge on any atom is 0.234 e. The number of hydrogen-bond acceptors (Lipinski definition) is 0. The van der Waals surface area contributed by atoms with E-state index in [1.807, 2.05) is 0 Å². The molecule has 0 aliphatic rings. The van der Waals surface area contributed by atoms with Crippen LogP contribution in [-0.2, 0) is 0 Å². The third-order valence-electron chi connectivity index (χ3n) is 3.35. The molecule has 2 heteroatoms. The minimum Gasteiger partial charge on any atom is -0.0947 e. The summed E-state index contributed by atoms with van der Waals surface area (Å²) in [5.41, 5.74) is 2.77. The molecule has 2 aromatic carbocycles. The second kappa shape index (κ2) is 6.45. The first kappa shape index (κ1) is 15.1. The van der Waals surface area contributed by atoms with Gasteiger partial charge in [-0.3, -0.25) is 0 Å². The molecule has 20 heavy (non-hydrogen) atoms. The minimum atomic E-state index is 0.127. The van der Waals surface area contributed by atoms with E-state index < -0.39 is 0 Å². The van der Waals surface area contributed by atoms with E-state index in [9.17, 15) is 0 Å². The lowest BCUT2D eigenvalue weighted by Gasteiger charge is -2.20. The lowest BCUT2D eigenvalue weighted by Crippen LogP contribution is -2.41. The van der Waals surface area contributed by atoms with Crippen LogP contribution in [-0.4, -0.2) is 6.71 Å². The van der Waals surface area contributed by atoms with Gasteiger partial charge in [-0.2, -0.15) is 0 Å². The molecule has 0 aliphatic carbocycles. The molecular weight excluding hydrogens is 307 g/mol. The molecule has 2 rings (SSSR count). The third kappa shape index (κ3) is 3.86. The summed E-state index contributed by atoms with van der Waals surface area (Å²) in [6, 6.07) is 21.3. The molecule has 0 aromatic heterocycles. The van der Waals surface area contributed by atoms with E-state index in [1.54, 1.807) is 0 Å². The number of benzene rings is 2. The van der Waals surface area contributed by atoms with Crippen LogP contribution in [0.1, 0.15) is 20.8 Å². The Morgan fingerprint density at radius 1 is 0.850 bits per heavy atom. The molecule has 0 fully saturated rings. The van der Waals surface area contributed by atoms with Crippen LogP contribution in [0.15, 0.2) is 71.1 Å². The van der Waals surface area contributed by atoms with Gasteiger partial charge in [0.2, 0.25) is 6.71 Å². The second-order valence-corrected chi connectivity index (χ2v) is 6.92. The van der Waals surface area contributed by atoms with Crippen LogP contribution in [0.4, 0.5) is 0 Å². The van der Waals surface area contributed by atoms with Gasteiger partial charge >= 0.3 is 0 Å². The molecule has 102 valence electrons. The zero-order valence-electron chi connectivity index (χ0n) is 12.3. The van der Waals surface area contributed by atoms with Crippen molar-refractivity contribution in [2.75, 3.05) is 0 Å². The van der Waals surface area contributed by atoms with Gasteiger partial charge in [0.1, 0.15) is 0 Å². The molecule has 0 aliphatic heterocycles. The minimum absolute atomic E-state index is 0.127. The van der Waals surface area contributed by atoms with Crippen molar-refractivity contribution >= 4 is 33.6 Å². The second-order valence-electron chi connectivity index (χ2n) is 6.06. The molecule has 0 bridgehead atoms. The van der Waals surface area contributed by atoms with Crippen LogP contribution in [0.25, 0.3) is 0 Å². The van der Waals surface area contributed by atoms with Crippen LogP contribution >= 0.6 is 15.9 Å². The fourth-order valence-corrected chi connectivity index (χ4v) is 2.37. The molecule has 0 N–H and O–H groups in total. The van der Waals surface area contributed by atoms with Crippen LogP contribution in [0.2, 0.25) is 0 Å². The van der Waals surface area contributed by atoms with Crippen molar-refractivity contribution in [2.45, 2.75) is 20.8 Å². The third-order valence-corrected chi connectivity index (χ3v) is 4.80. The van der Waals surface area contributed by atoms with E-state index in [0.717, 1.165) is 0 Å². The summed E-state index contributed by atoms with van der Waals surface area (Å²) in [4.78, 5) is 0. The monoisotopic (exact) mass is 326 g/mol. The van der Waals surface area contributed by atoms with Crippen LogP contribution < -0.4 is 10.9 Å². The molecule has 0 atom stereocenters. The van der Waals surface area contributed by atoms with E-state index in [-0.39, 0.29) is 12.1 Å². The fraction of sp³-hybridized carbons (Fsp3) is 0.222. The number of halogens is 1. The topological polar surface area (TPSA) is 0 Å². The Morgan fingerprint density at radius 3 is 1.60 bits per heavy atom. The SMILES string of the molecule is CC(C)(C)/C(Br)=C/B(c1ccccc1)c1ccccc1. The van der Waals surface area contributed by atoms with E-state index in [4.69, 9.17) is 0 Å². The highest BCUT2D eigenvalue weighted by atomic mass is 79.9. The van der Waals surface area contributed by atoms with Crippen molar-refractivity contribution in [2.24, 2.45) is 5.41 Å². The molecule has 0 saturated heterocycles. The highest BCUT2D eigenvalue weighted by Crippen LogP contribution is 2.30. The van der Waals surface area contributed by atoms with Gasteiger partial charge in [-0.25, -0.2) is 0 Å². The summed E-state index contributed by atoms with van der Waals surface area (Å²) >= 11 is 3.75. The molecule has 0 saturated carbocycles. The summed E-state index contributed by atoms with van der Waals surface area (Å²) in [5, 5.41) is 0.